The molecule has 0 aliphatic carbocycles. The van der Waals surface area contributed by atoms with Crippen LogP contribution in [-0.2, 0) is 0 Å². The van der Waals surface area contributed by atoms with Crippen LogP contribution < -0.4 is 0 Å². The third-order valence-electron chi connectivity index (χ3n) is 1.97. The van der Waals surface area contributed by atoms with Gasteiger partial charge in [-0.3, -0.25) is 4.79 Å². The van der Waals surface area contributed by atoms with E-state index in [1.54, 1.807) is 0 Å². The van der Waals surface area contributed by atoms with Crippen molar-refractivity contribution in [1.82, 2.24) is 0 Å². The van der Waals surface area contributed by atoms with Gasteiger partial charge in [-0.25, -0.2) is 0 Å². The average molecular weight is 370 g/mol. The van der Waals surface area contributed by atoms with Gasteiger partial charge in [0.1, 0.15) is 0 Å². The first kappa shape index (κ1) is 17.3. The van der Waals surface area contributed by atoms with E-state index < -0.39 is 68.2 Å². The third-order valence-corrected chi connectivity index (χ3v) is 5.50. The van der Waals surface area contributed by atoms with Gasteiger partial charge in [-0.1, -0.05) is 6.07 Å². The first-order valence-corrected chi connectivity index (χ1v) is 7.82. The van der Waals surface area contributed by atoms with Crippen LogP contribution >= 0.6 is 60.7 Å². The van der Waals surface area contributed by atoms with Crippen LogP contribution in [0.1, 0.15) is 10.4 Å². The van der Waals surface area contributed by atoms with Crippen LogP contribution in [0.3, 0.4) is 0 Å². The lowest BCUT2D eigenvalue weighted by Gasteiger charge is -2.18. The van der Waals surface area contributed by atoms with Gasteiger partial charge in [0.05, 0.1) is 70.5 Å². The largest absolute Gasteiger partial charge is 0.290 e. The summed E-state index contributed by atoms with van der Waals surface area (Å²) in [6, 6.07) is 3.43. The highest BCUT2D eigenvalue weighted by molar-refractivity contribution is 8.31. The normalized spacial score (nSPS) is 11.6. The molecule has 1 aromatic carbocycles. The summed E-state index contributed by atoms with van der Waals surface area (Å²) in [6.45, 7) is 0. The van der Waals surface area contributed by atoms with Crippen molar-refractivity contribution < 1.29 is 24.2 Å². The molecule has 0 radical (unpaired) electrons. The number of carbonyl (C=O) groups excluding carboxylic acids is 1. The summed E-state index contributed by atoms with van der Waals surface area (Å²) in [5.41, 5.74) is -0.490. The molecule has 0 unspecified atom stereocenters. The lowest BCUT2D eigenvalue weighted by Crippen LogP contribution is -2.25. The van der Waals surface area contributed by atoms with Crippen molar-refractivity contribution in [2.45, 2.75) is 13.2 Å². The fourth-order valence-corrected chi connectivity index (χ4v) is 2.85. The van der Waals surface area contributed by atoms with E-state index in [0.29, 0.717) is 0 Å². The van der Waals surface area contributed by atoms with Crippen LogP contribution in [0.4, 0.5) is 19.4 Å². The molecule has 0 aliphatic heterocycles. The maximum absolute atomic E-state index is 12.8. The summed E-state index contributed by atoms with van der Waals surface area (Å²) in [7, 11) is 0. The predicted molar refractivity (Wildman–Crippen MR) is 73.5 cm³/mol. The van der Waals surface area contributed by atoms with Gasteiger partial charge in [-0.15, -0.1) is 0 Å². The molecule has 0 saturated carbocycles. The summed E-state index contributed by atoms with van der Waals surface area (Å²) in [4.78, 5) is 11.2. The minimum atomic E-state index is -2.73. The number of benzene rings is 1. The van der Waals surface area contributed by atoms with Gasteiger partial charge in [-0.05, 0) is 12.1 Å². The van der Waals surface area contributed by atoms with E-state index in [0.717, 1.165) is 6.07 Å². The van der Waals surface area contributed by atoms with E-state index in [2.05, 4.69) is 0 Å². The summed E-state index contributed by atoms with van der Waals surface area (Å²) >= 11 is -3.34. The van der Waals surface area contributed by atoms with E-state index in [1.165, 1.54) is 12.1 Å². The van der Waals surface area contributed by atoms with Crippen LogP contribution in [0, 0.1) is 0 Å². The molecule has 0 fully saturated rings. The molecule has 0 spiro atoms. The van der Waals surface area contributed by atoms with Crippen molar-refractivity contribution in [3.8, 4) is 0 Å². The van der Waals surface area contributed by atoms with Crippen molar-refractivity contribution in [2.75, 3.05) is 0 Å². The summed E-state index contributed by atoms with van der Waals surface area (Å²) < 4.78 is 60.6. The van der Waals surface area contributed by atoms with Gasteiger partial charge in [0.2, 0.25) is 5.78 Å². The topological polar surface area (TPSA) is 17.1 Å². The minimum Gasteiger partial charge on any atom is -0.290 e. The second-order valence-electron chi connectivity index (χ2n) is 2.90. The number of ketones is 1. The molecule has 0 aliphatic rings. The minimum absolute atomic E-state index is 0.233. The fraction of sp³-hybridized carbons (Fsp3) is 0.125. The first-order chi connectivity index (χ1) is 9.10. The molecule has 19 heavy (non-hydrogen) atoms. The van der Waals surface area contributed by atoms with Crippen LogP contribution in [0.5, 0.6) is 0 Å². The van der Waals surface area contributed by atoms with Crippen molar-refractivity contribution in [3.05, 3.63) is 23.8 Å². The number of hydrogen-bond acceptors (Lipinski definition) is 6. The van der Waals surface area contributed by atoms with E-state index in [9.17, 15) is 24.2 Å². The van der Waals surface area contributed by atoms with E-state index in [-0.39, 0.29) is 17.0 Å². The van der Waals surface area contributed by atoms with Crippen LogP contribution in [-0.4, -0.2) is 9.19 Å². The molecule has 1 aromatic rings. The standard InChI is InChI=1S/C8H3F5OS5/c9-15-5-3-1-2-4(6(5)16-10)7(14)8(17-11,18-12)19-13/h1-3H. The SMILES string of the molecule is O=C(c1cccc(SF)c1SF)C(SF)(SF)SF. The predicted octanol–water partition coefficient (Wildman–Crippen LogP) is 6.33. The smallest absolute Gasteiger partial charge is 0.261 e. The number of rotatable bonds is 7. The average Bonchev–Trinajstić information content (AvgIpc) is 2.48. The Bertz CT molecular complexity index is 447. The van der Waals surface area contributed by atoms with Gasteiger partial charge in [0.25, 0.3) is 3.41 Å². The molecule has 0 atom stereocenters. The Kier molecular flexibility index (Phi) is 7.22. The molecule has 0 bridgehead atoms. The zero-order chi connectivity index (χ0) is 14.5. The van der Waals surface area contributed by atoms with Crippen LogP contribution in [0.2, 0.25) is 0 Å². The Morgan fingerprint density at radius 1 is 0.947 bits per heavy atom. The zero-order valence-corrected chi connectivity index (χ0v) is 12.7. The van der Waals surface area contributed by atoms with Gasteiger partial charge < -0.3 is 0 Å². The monoisotopic (exact) mass is 370 g/mol. The van der Waals surface area contributed by atoms with Crippen molar-refractivity contribution in [3.63, 3.8) is 0 Å². The fourth-order valence-electron chi connectivity index (χ4n) is 1.14. The Hall–Kier alpha value is 0.290. The van der Waals surface area contributed by atoms with E-state index >= 15 is 0 Å². The van der Waals surface area contributed by atoms with Crippen molar-refractivity contribution in [1.29, 1.82) is 0 Å². The molecular weight excluding hydrogens is 367 g/mol. The number of Topliss-reactive ketones (excluding diaryl/α,β-unsaturated/α-hetero) is 1. The molecule has 1 nitrogen and oxygen atoms in total. The molecule has 0 heterocycles. The number of hydrogen-bond donors (Lipinski definition) is 0. The lowest BCUT2D eigenvalue weighted by molar-refractivity contribution is 0.0997. The number of carbonyl (C=O) groups is 1. The maximum atomic E-state index is 12.8. The first-order valence-electron chi connectivity index (χ1n) is 4.24. The molecule has 0 N–H and O–H groups in total. The van der Waals surface area contributed by atoms with Crippen molar-refractivity contribution in [2.24, 2.45) is 0 Å². The Morgan fingerprint density at radius 3 is 1.95 bits per heavy atom. The maximum Gasteiger partial charge on any atom is 0.261 e. The Balaban J connectivity index is 3.33. The number of halogens is 5. The van der Waals surface area contributed by atoms with Gasteiger partial charge in [0, 0.05) is 5.56 Å². The van der Waals surface area contributed by atoms with Crippen LogP contribution in [0.15, 0.2) is 28.0 Å². The van der Waals surface area contributed by atoms with Gasteiger partial charge in [-0.2, -0.15) is 19.4 Å². The summed E-state index contributed by atoms with van der Waals surface area (Å²) in [5.74, 6) is -1.32. The molecule has 1 rings (SSSR count). The van der Waals surface area contributed by atoms with Gasteiger partial charge >= 0.3 is 0 Å². The molecule has 0 aromatic heterocycles. The van der Waals surface area contributed by atoms with E-state index in [4.69, 9.17) is 0 Å². The zero-order valence-electron chi connectivity index (χ0n) is 8.57. The highest BCUT2D eigenvalue weighted by Gasteiger charge is 2.46. The van der Waals surface area contributed by atoms with Crippen molar-refractivity contribution >= 4 is 66.5 Å². The summed E-state index contributed by atoms with van der Waals surface area (Å²) in [6.07, 6.45) is 0. The van der Waals surface area contributed by atoms with Crippen LogP contribution in [0.25, 0.3) is 0 Å². The molecule has 0 saturated heterocycles. The Labute approximate surface area is 127 Å². The summed E-state index contributed by atoms with van der Waals surface area (Å²) in [5, 5.41) is 0. The quantitative estimate of drug-likeness (QED) is 0.315. The second kappa shape index (κ2) is 7.91. The van der Waals surface area contributed by atoms with Gasteiger partial charge in [0.15, 0.2) is 0 Å². The highest BCUT2D eigenvalue weighted by Crippen LogP contribution is 2.52. The molecule has 11 heteroatoms. The lowest BCUT2D eigenvalue weighted by atomic mass is 10.1. The molecule has 0 amide bonds. The second-order valence-corrected chi connectivity index (χ2v) is 7.14. The Morgan fingerprint density at radius 2 is 1.53 bits per heavy atom. The molecule has 106 valence electrons. The third kappa shape index (κ3) is 3.49. The van der Waals surface area contributed by atoms with E-state index in [1.807, 2.05) is 0 Å². The molecular formula is C8H3F5OS5. The highest BCUT2D eigenvalue weighted by atomic mass is 32.3.